The molecule has 0 radical (unpaired) electrons. The van der Waals surface area contributed by atoms with Crippen molar-refractivity contribution < 1.29 is 14.5 Å². The van der Waals surface area contributed by atoms with Crippen LogP contribution >= 0.6 is 0 Å². The molecule has 0 unspecified atom stereocenters. The fraction of sp³-hybridized carbons (Fsp3) is 0. The zero-order valence-corrected chi connectivity index (χ0v) is 14.5. The maximum atomic E-state index is 11.4. The lowest BCUT2D eigenvalue weighted by Gasteiger charge is -2.10. The molecule has 0 N–H and O–H groups in total. The van der Waals surface area contributed by atoms with Crippen LogP contribution in [0.25, 0.3) is 22.3 Å². The van der Waals surface area contributed by atoms with Crippen molar-refractivity contribution in [2.24, 2.45) is 0 Å². The van der Waals surface area contributed by atoms with Crippen LogP contribution in [0, 0.1) is 10.1 Å². The normalized spacial score (nSPS) is 10.6. The fourth-order valence-electron chi connectivity index (χ4n) is 2.78. The Morgan fingerprint density at radius 1 is 0.929 bits per heavy atom. The Kier molecular flexibility index (Phi) is 4.47. The van der Waals surface area contributed by atoms with Gasteiger partial charge >= 0.3 is 5.69 Å². The molecule has 0 amide bonds. The molecule has 1 aromatic heterocycles. The molecule has 136 valence electrons. The lowest BCUT2D eigenvalue weighted by molar-refractivity contribution is -0.385. The van der Waals surface area contributed by atoms with Crippen molar-refractivity contribution in [3.8, 4) is 23.0 Å². The number of benzene rings is 3. The van der Waals surface area contributed by atoms with Crippen molar-refractivity contribution in [3.05, 3.63) is 88.5 Å². The third-order valence-corrected chi connectivity index (χ3v) is 4.12. The highest BCUT2D eigenvalue weighted by atomic mass is 16.6. The smallest absolute Gasteiger partial charge is 0.311 e. The lowest BCUT2D eigenvalue weighted by Crippen LogP contribution is -1.99. The zero-order valence-electron chi connectivity index (χ0n) is 14.5. The van der Waals surface area contributed by atoms with Gasteiger partial charge in [0.1, 0.15) is 6.29 Å². The molecule has 3 aromatic carbocycles. The van der Waals surface area contributed by atoms with Gasteiger partial charge in [-0.2, -0.15) is 4.98 Å². The van der Waals surface area contributed by atoms with Crippen LogP contribution in [0.2, 0.25) is 0 Å². The standard InChI is InChI=1S/C21H13N3O4/c25-13-14-10-11-18(24(26)27)19(12-14)28-21-16-8-4-5-9-17(16)22-20(23-21)15-6-2-1-3-7-15/h1-13H. The minimum Gasteiger partial charge on any atom is -0.431 e. The minimum atomic E-state index is -0.564. The highest BCUT2D eigenvalue weighted by Crippen LogP contribution is 2.35. The van der Waals surface area contributed by atoms with Crippen LogP contribution in [0.15, 0.2) is 72.8 Å². The predicted octanol–water partition coefficient (Wildman–Crippen LogP) is 4.81. The topological polar surface area (TPSA) is 95.2 Å². The third-order valence-electron chi connectivity index (χ3n) is 4.12. The van der Waals surface area contributed by atoms with Gasteiger partial charge in [0, 0.05) is 17.2 Å². The van der Waals surface area contributed by atoms with Crippen LogP contribution in [-0.2, 0) is 0 Å². The first-order chi connectivity index (χ1) is 13.7. The van der Waals surface area contributed by atoms with Crippen LogP contribution < -0.4 is 4.74 Å². The van der Waals surface area contributed by atoms with Crippen molar-refractivity contribution >= 4 is 22.9 Å². The van der Waals surface area contributed by atoms with Crippen LogP contribution in [0.4, 0.5) is 5.69 Å². The summed E-state index contributed by atoms with van der Waals surface area (Å²) >= 11 is 0. The maximum absolute atomic E-state index is 11.4. The molecule has 7 heteroatoms. The molecule has 0 saturated carbocycles. The zero-order chi connectivity index (χ0) is 19.5. The van der Waals surface area contributed by atoms with Gasteiger partial charge in [0.15, 0.2) is 5.82 Å². The molecule has 0 aliphatic heterocycles. The molecule has 0 bridgehead atoms. The van der Waals surface area contributed by atoms with E-state index in [1.165, 1.54) is 18.2 Å². The molecular formula is C21H13N3O4. The van der Waals surface area contributed by atoms with Gasteiger partial charge in [-0.25, -0.2) is 4.98 Å². The van der Waals surface area contributed by atoms with Crippen molar-refractivity contribution in [3.63, 3.8) is 0 Å². The first-order valence-corrected chi connectivity index (χ1v) is 8.39. The van der Waals surface area contributed by atoms with Gasteiger partial charge < -0.3 is 4.74 Å². The summed E-state index contributed by atoms with van der Waals surface area (Å²) in [6, 6.07) is 20.5. The molecule has 7 nitrogen and oxygen atoms in total. The Labute approximate surface area is 159 Å². The van der Waals surface area contributed by atoms with E-state index >= 15 is 0 Å². The maximum Gasteiger partial charge on any atom is 0.311 e. The second-order valence-electron chi connectivity index (χ2n) is 5.94. The summed E-state index contributed by atoms with van der Waals surface area (Å²) in [7, 11) is 0. The molecule has 4 aromatic rings. The number of hydrogen-bond donors (Lipinski definition) is 0. The minimum absolute atomic E-state index is 0.0579. The summed E-state index contributed by atoms with van der Waals surface area (Å²) in [6.07, 6.45) is 0.601. The monoisotopic (exact) mass is 371 g/mol. The molecular weight excluding hydrogens is 358 g/mol. The number of nitrogens with zero attached hydrogens (tertiary/aromatic N) is 3. The number of nitro benzene ring substituents is 1. The van der Waals surface area contributed by atoms with Crippen LogP contribution in [0.5, 0.6) is 11.6 Å². The molecule has 0 saturated heterocycles. The van der Waals surface area contributed by atoms with Gasteiger partial charge in [0.05, 0.1) is 15.8 Å². The number of rotatable bonds is 5. The van der Waals surface area contributed by atoms with Gasteiger partial charge in [-0.05, 0) is 24.3 Å². The molecule has 4 rings (SSSR count). The second kappa shape index (κ2) is 7.24. The number of carbonyl (C=O) groups is 1. The summed E-state index contributed by atoms with van der Waals surface area (Å²) in [5, 5.41) is 12.0. The van der Waals surface area contributed by atoms with Crippen molar-refractivity contribution in [2.45, 2.75) is 0 Å². The summed E-state index contributed by atoms with van der Waals surface area (Å²) in [5.74, 6) is 0.552. The summed E-state index contributed by atoms with van der Waals surface area (Å²) in [6.45, 7) is 0. The van der Waals surface area contributed by atoms with Gasteiger partial charge in [0.2, 0.25) is 11.6 Å². The summed E-state index contributed by atoms with van der Waals surface area (Å²) in [4.78, 5) is 30.9. The second-order valence-corrected chi connectivity index (χ2v) is 5.94. The Bertz CT molecular complexity index is 1190. The molecule has 1 heterocycles. The number of fused-ring (bicyclic) bond motifs is 1. The molecule has 0 atom stereocenters. The Hall–Kier alpha value is -4.13. The predicted molar refractivity (Wildman–Crippen MR) is 104 cm³/mol. The van der Waals surface area contributed by atoms with E-state index in [0.717, 1.165) is 5.56 Å². The van der Waals surface area contributed by atoms with Crippen LogP contribution in [0.3, 0.4) is 0 Å². The van der Waals surface area contributed by atoms with Crippen molar-refractivity contribution in [1.82, 2.24) is 9.97 Å². The fourth-order valence-corrected chi connectivity index (χ4v) is 2.78. The van der Waals surface area contributed by atoms with Gasteiger partial charge in [-0.3, -0.25) is 14.9 Å². The number of carbonyl (C=O) groups excluding carboxylic acids is 1. The van der Waals surface area contributed by atoms with E-state index in [4.69, 9.17) is 4.74 Å². The number of aldehydes is 1. The average Bonchev–Trinajstić information content (AvgIpc) is 2.74. The summed E-state index contributed by atoms with van der Waals surface area (Å²) < 4.78 is 5.84. The first-order valence-electron chi connectivity index (χ1n) is 8.39. The highest BCUT2D eigenvalue weighted by molar-refractivity contribution is 5.86. The quantitative estimate of drug-likeness (QED) is 0.284. The largest absolute Gasteiger partial charge is 0.431 e. The molecule has 0 spiro atoms. The van der Waals surface area contributed by atoms with Crippen LogP contribution in [0.1, 0.15) is 10.4 Å². The van der Waals surface area contributed by atoms with E-state index in [-0.39, 0.29) is 22.9 Å². The number of nitro groups is 1. The number of hydrogen-bond acceptors (Lipinski definition) is 6. The van der Waals surface area contributed by atoms with E-state index in [2.05, 4.69) is 9.97 Å². The average molecular weight is 371 g/mol. The van der Waals surface area contributed by atoms with E-state index in [1.807, 2.05) is 42.5 Å². The number of ether oxygens (including phenoxy) is 1. The molecule has 28 heavy (non-hydrogen) atoms. The number of para-hydroxylation sites is 1. The van der Waals surface area contributed by atoms with E-state index < -0.39 is 4.92 Å². The third kappa shape index (κ3) is 3.28. The Morgan fingerprint density at radius 3 is 2.43 bits per heavy atom. The Balaban J connectivity index is 1.89. The number of aromatic nitrogens is 2. The molecule has 0 aliphatic carbocycles. The van der Waals surface area contributed by atoms with Gasteiger partial charge in [0.25, 0.3) is 0 Å². The van der Waals surface area contributed by atoms with E-state index in [1.54, 1.807) is 12.1 Å². The molecule has 0 aliphatic rings. The van der Waals surface area contributed by atoms with E-state index in [9.17, 15) is 14.9 Å². The van der Waals surface area contributed by atoms with Crippen molar-refractivity contribution in [2.75, 3.05) is 0 Å². The highest BCUT2D eigenvalue weighted by Gasteiger charge is 2.19. The SMILES string of the molecule is O=Cc1ccc([N+](=O)[O-])c(Oc2nc(-c3ccccc3)nc3ccccc23)c1. The lowest BCUT2D eigenvalue weighted by atomic mass is 10.2. The van der Waals surface area contributed by atoms with Gasteiger partial charge in [-0.1, -0.05) is 42.5 Å². The van der Waals surface area contributed by atoms with E-state index in [0.29, 0.717) is 23.0 Å². The van der Waals surface area contributed by atoms with Crippen LogP contribution in [-0.4, -0.2) is 21.2 Å². The first kappa shape index (κ1) is 17.3. The molecule has 0 fully saturated rings. The van der Waals surface area contributed by atoms with Crippen molar-refractivity contribution in [1.29, 1.82) is 0 Å². The summed E-state index contributed by atoms with van der Waals surface area (Å²) in [5.41, 5.74) is 1.44. The van der Waals surface area contributed by atoms with Gasteiger partial charge in [-0.15, -0.1) is 0 Å². The Morgan fingerprint density at radius 2 is 1.68 bits per heavy atom.